The number of carbonyl (C=O) groups excluding carboxylic acids is 2. The van der Waals surface area contributed by atoms with Gasteiger partial charge in [0.15, 0.2) is 0 Å². The van der Waals surface area contributed by atoms with Gasteiger partial charge in [0.1, 0.15) is 6.04 Å². The second-order valence-corrected chi connectivity index (χ2v) is 11.6. The molecule has 2 amide bonds. The molecule has 0 aliphatic heterocycles. The van der Waals surface area contributed by atoms with Crippen LogP contribution in [0.1, 0.15) is 31.4 Å². The zero-order valence-corrected chi connectivity index (χ0v) is 23.8. The summed E-state index contributed by atoms with van der Waals surface area (Å²) in [6.45, 7) is 5.05. The van der Waals surface area contributed by atoms with Crippen molar-refractivity contribution in [3.05, 3.63) is 99.5 Å². The molecule has 4 nitrogen and oxygen atoms in total. The van der Waals surface area contributed by atoms with Crippen LogP contribution in [0.5, 0.6) is 0 Å². The Morgan fingerprint density at radius 1 is 0.944 bits per heavy atom. The van der Waals surface area contributed by atoms with Gasteiger partial charge in [-0.15, -0.1) is 11.8 Å². The molecule has 36 heavy (non-hydrogen) atoms. The van der Waals surface area contributed by atoms with Crippen molar-refractivity contribution in [3.8, 4) is 0 Å². The van der Waals surface area contributed by atoms with Crippen molar-refractivity contribution in [2.75, 3.05) is 12.3 Å². The number of amides is 2. The van der Waals surface area contributed by atoms with Gasteiger partial charge in [0.25, 0.3) is 0 Å². The highest BCUT2D eigenvalue weighted by atomic mass is 79.9. The number of rotatable bonds is 12. The van der Waals surface area contributed by atoms with Crippen LogP contribution in [0.4, 0.5) is 0 Å². The van der Waals surface area contributed by atoms with Gasteiger partial charge in [-0.2, -0.15) is 0 Å². The van der Waals surface area contributed by atoms with E-state index in [2.05, 4.69) is 35.1 Å². The van der Waals surface area contributed by atoms with E-state index in [0.717, 1.165) is 20.5 Å². The van der Waals surface area contributed by atoms with Gasteiger partial charge in [0.05, 0.1) is 0 Å². The SMILES string of the molecule is CC(C)CNC(=O)C(Cc1ccccc1)N(Cc1ccc(Br)cc1)C(=O)CCSc1ccc(Cl)cc1. The Balaban J connectivity index is 1.82. The molecule has 1 atom stereocenters. The largest absolute Gasteiger partial charge is 0.354 e. The summed E-state index contributed by atoms with van der Waals surface area (Å²) >= 11 is 11.1. The van der Waals surface area contributed by atoms with Crippen molar-refractivity contribution in [2.24, 2.45) is 5.92 Å². The molecule has 0 heterocycles. The summed E-state index contributed by atoms with van der Waals surface area (Å²) in [6, 6.07) is 24.8. The number of nitrogens with one attached hydrogen (secondary N) is 1. The summed E-state index contributed by atoms with van der Waals surface area (Å²) in [5.74, 6) is 0.768. The lowest BCUT2D eigenvalue weighted by atomic mass is 10.0. The van der Waals surface area contributed by atoms with Gasteiger partial charge in [0, 0.05) is 46.1 Å². The van der Waals surface area contributed by atoms with Crippen LogP contribution in [0, 0.1) is 5.92 Å². The molecule has 0 bridgehead atoms. The number of hydrogen-bond acceptors (Lipinski definition) is 3. The Labute approximate surface area is 231 Å². The minimum atomic E-state index is -0.608. The van der Waals surface area contributed by atoms with Gasteiger partial charge in [-0.3, -0.25) is 9.59 Å². The van der Waals surface area contributed by atoms with E-state index in [-0.39, 0.29) is 11.8 Å². The van der Waals surface area contributed by atoms with E-state index in [4.69, 9.17) is 11.6 Å². The van der Waals surface area contributed by atoms with E-state index >= 15 is 0 Å². The quantitative estimate of drug-likeness (QED) is 0.232. The summed E-state index contributed by atoms with van der Waals surface area (Å²) in [5, 5.41) is 3.75. The van der Waals surface area contributed by atoms with Crippen molar-refractivity contribution in [3.63, 3.8) is 0 Å². The van der Waals surface area contributed by atoms with Crippen LogP contribution in [0.3, 0.4) is 0 Å². The summed E-state index contributed by atoms with van der Waals surface area (Å²) in [6.07, 6.45) is 0.782. The first kappa shape index (κ1) is 28.3. The second kappa shape index (κ2) is 14.5. The first-order chi connectivity index (χ1) is 17.3. The van der Waals surface area contributed by atoms with Crippen molar-refractivity contribution in [2.45, 2.75) is 44.2 Å². The molecule has 0 radical (unpaired) electrons. The van der Waals surface area contributed by atoms with Crippen LogP contribution in [-0.4, -0.2) is 35.1 Å². The van der Waals surface area contributed by atoms with E-state index in [0.29, 0.717) is 42.6 Å². The Morgan fingerprint density at radius 3 is 2.25 bits per heavy atom. The molecule has 1 unspecified atom stereocenters. The third kappa shape index (κ3) is 9.30. The molecule has 0 saturated carbocycles. The maximum atomic E-state index is 13.6. The molecule has 3 aromatic carbocycles. The van der Waals surface area contributed by atoms with Crippen LogP contribution >= 0.6 is 39.3 Å². The standard InChI is InChI=1S/C29H32BrClN2O2S/c1-21(2)19-32-29(35)27(18-22-6-4-3-5-7-22)33(20-23-8-10-24(30)11-9-23)28(34)16-17-36-26-14-12-25(31)13-15-26/h3-15,21,27H,16-20H2,1-2H3,(H,32,35). The molecular weight excluding hydrogens is 556 g/mol. The number of benzene rings is 3. The van der Waals surface area contributed by atoms with Gasteiger partial charge in [0.2, 0.25) is 11.8 Å². The topological polar surface area (TPSA) is 49.4 Å². The lowest BCUT2D eigenvalue weighted by molar-refractivity contribution is -0.141. The average molecular weight is 588 g/mol. The van der Waals surface area contributed by atoms with Crippen molar-refractivity contribution in [1.29, 1.82) is 0 Å². The van der Waals surface area contributed by atoms with Gasteiger partial charge in [-0.1, -0.05) is 83.8 Å². The monoisotopic (exact) mass is 586 g/mol. The molecular formula is C29H32BrClN2O2S. The molecule has 7 heteroatoms. The minimum Gasteiger partial charge on any atom is -0.354 e. The van der Waals surface area contributed by atoms with Gasteiger partial charge in [-0.25, -0.2) is 0 Å². The smallest absolute Gasteiger partial charge is 0.243 e. The van der Waals surface area contributed by atoms with Gasteiger partial charge < -0.3 is 10.2 Å². The molecule has 0 spiro atoms. The maximum absolute atomic E-state index is 13.6. The predicted molar refractivity (Wildman–Crippen MR) is 153 cm³/mol. The van der Waals surface area contributed by atoms with Crippen LogP contribution < -0.4 is 5.32 Å². The fourth-order valence-corrected chi connectivity index (χ4v) is 4.92. The van der Waals surface area contributed by atoms with Crippen molar-refractivity contribution < 1.29 is 9.59 Å². The molecule has 190 valence electrons. The van der Waals surface area contributed by atoms with Crippen molar-refractivity contribution >= 4 is 51.1 Å². The molecule has 0 saturated heterocycles. The van der Waals surface area contributed by atoms with Crippen LogP contribution in [0.2, 0.25) is 5.02 Å². The summed E-state index contributed by atoms with van der Waals surface area (Å²) in [7, 11) is 0. The zero-order valence-electron chi connectivity index (χ0n) is 20.6. The lowest BCUT2D eigenvalue weighted by Crippen LogP contribution is -2.51. The average Bonchev–Trinajstić information content (AvgIpc) is 2.87. The van der Waals surface area contributed by atoms with E-state index in [1.165, 1.54) is 0 Å². The zero-order chi connectivity index (χ0) is 25.9. The number of thioether (sulfide) groups is 1. The normalized spacial score (nSPS) is 11.8. The highest BCUT2D eigenvalue weighted by molar-refractivity contribution is 9.10. The van der Waals surface area contributed by atoms with Crippen LogP contribution in [0.15, 0.2) is 88.2 Å². The Morgan fingerprint density at radius 2 is 1.61 bits per heavy atom. The van der Waals surface area contributed by atoms with E-state index < -0.39 is 6.04 Å². The Kier molecular flexibility index (Phi) is 11.4. The van der Waals surface area contributed by atoms with Gasteiger partial charge >= 0.3 is 0 Å². The number of nitrogens with zero attached hydrogens (tertiary/aromatic N) is 1. The number of carbonyl (C=O) groups is 2. The summed E-state index contributed by atoms with van der Waals surface area (Å²) in [5.41, 5.74) is 2.00. The molecule has 3 aromatic rings. The van der Waals surface area contributed by atoms with E-state index in [1.807, 2.05) is 78.9 Å². The first-order valence-electron chi connectivity index (χ1n) is 12.1. The molecule has 0 aliphatic rings. The first-order valence-corrected chi connectivity index (χ1v) is 14.2. The third-order valence-electron chi connectivity index (χ3n) is 5.62. The minimum absolute atomic E-state index is 0.0417. The van der Waals surface area contributed by atoms with Crippen molar-refractivity contribution in [1.82, 2.24) is 10.2 Å². The Hall–Kier alpha value is -2.28. The second-order valence-electron chi connectivity index (χ2n) is 9.05. The maximum Gasteiger partial charge on any atom is 0.243 e. The van der Waals surface area contributed by atoms with E-state index in [9.17, 15) is 9.59 Å². The highest BCUT2D eigenvalue weighted by Gasteiger charge is 2.30. The summed E-state index contributed by atoms with van der Waals surface area (Å²) in [4.78, 5) is 29.9. The molecule has 1 N–H and O–H groups in total. The molecule has 0 aliphatic carbocycles. The fraction of sp³-hybridized carbons (Fsp3) is 0.310. The highest BCUT2D eigenvalue weighted by Crippen LogP contribution is 2.23. The van der Waals surface area contributed by atoms with Crippen LogP contribution in [0.25, 0.3) is 0 Å². The van der Waals surface area contributed by atoms with E-state index in [1.54, 1.807) is 16.7 Å². The van der Waals surface area contributed by atoms with Crippen LogP contribution in [-0.2, 0) is 22.6 Å². The summed E-state index contributed by atoms with van der Waals surface area (Å²) < 4.78 is 0.971. The Bertz CT molecular complexity index is 1110. The predicted octanol–water partition coefficient (Wildman–Crippen LogP) is 7.00. The molecule has 0 aromatic heterocycles. The molecule has 3 rings (SSSR count). The lowest BCUT2D eigenvalue weighted by Gasteiger charge is -2.32. The van der Waals surface area contributed by atoms with Gasteiger partial charge in [-0.05, 0) is 53.4 Å². The third-order valence-corrected chi connectivity index (χ3v) is 7.41. The fourth-order valence-electron chi connectivity index (χ4n) is 3.69. The molecule has 0 fully saturated rings. The number of hydrogen-bond donors (Lipinski definition) is 1. The number of halogens is 2.